The molecule has 1 saturated heterocycles. The maximum atomic E-state index is 12.2. The van der Waals surface area contributed by atoms with Crippen molar-refractivity contribution in [2.45, 2.75) is 19.1 Å². The monoisotopic (exact) mass is 371 g/mol. The number of hydrogen-bond donors (Lipinski definition) is 4. The van der Waals surface area contributed by atoms with Crippen LogP contribution >= 0.6 is 0 Å². The largest absolute Gasteiger partial charge is 0.391 e. The van der Waals surface area contributed by atoms with Crippen molar-refractivity contribution in [1.82, 2.24) is 15.7 Å². The zero-order valence-electron chi connectivity index (χ0n) is 14.8. The van der Waals surface area contributed by atoms with Gasteiger partial charge in [0.2, 0.25) is 6.41 Å². The standard InChI is InChI=1S/C19H21N3O5/c1-13(24)17(19(26)21-27)20-18(25)16-8-6-14(7-9-16)4-2-3-5-15-10-22(11-15)12-23/h3,5-9,12-13,15,17,24,27H,10-11H2,1H3,(H,20,25)(H,21,26)/b5-3+/t13-,17+/m1/s1. The Morgan fingerprint density at radius 3 is 2.52 bits per heavy atom. The average molecular weight is 371 g/mol. The minimum absolute atomic E-state index is 0.288. The maximum absolute atomic E-state index is 12.2. The highest BCUT2D eigenvalue weighted by atomic mass is 16.5. The third-order valence-corrected chi connectivity index (χ3v) is 4.06. The predicted octanol–water partition coefficient (Wildman–Crippen LogP) is -0.333. The predicted molar refractivity (Wildman–Crippen MR) is 96.5 cm³/mol. The molecule has 8 heteroatoms. The number of benzene rings is 1. The van der Waals surface area contributed by atoms with E-state index in [4.69, 9.17) is 5.21 Å². The number of carbonyl (C=O) groups is 3. The van der Waals surface area contributed by atoms with Gasteiger partial charge in [-0.3, -0.25) is 19.6 Å². The summed E-state index contributed by atoms with van der Waals surface area (Å²) in [6.07, 6.45) is 3.35. The molecule has 1 aliphatic rings. The van der Waals surface area contributed by atoms with Crippen LogP contribution in [-0.4, -0.2) is 58.7 Å². The second-order valence-electron chi connectivity index (χ2n) is 6.19. The van der Waals surface area contributed by atoms with Gasteiger partial charge in [-0.25, -0.2) is 5.48 Å². The Morgan fingerprint density at radius 1 is 1.30 bits per heavy atom. The molecule has 8 nitrogen and oxygen atoms in total. The molecule has 0 saturated carbocycles. The van der Waals surface area contributed by atoms with Gasteiger partial charge in [0.1, 0.15) is 6.04 Å². The number of nitrogens with zero attached hydrogens (tertiary/aromatic N) is 1. The maximum Gasteiger partial charge on any atom is 0.268 e. The normalized spacial score (nSPS) is 15.9. The fourth-order valence-corrected chi connectivity index (χ4v) is 2.47. The van der Waals surface area contributed by atoms with Crippen LogP contribution in [-0.2, 0) is 9.59 Å². The van der Waals surface area contributed by atoms with E-state index in [0.717, 1.165) is 6.41 Å². The van der Waals surface area contributed by atoms with Gasteiger partial charge in [-0.1, -0.05) is 17.9 Å². The molecule has 142 valence electrons. The zero-order chi connectivity index (χ0) is 19.8. The third kappa shape index (κ3) is 5.67. The molecular formula is C19H21N3O5. The smallest absolute Gasteiger partial charge is 0.268 e. The summed E-state index contributed by atoms with van der Waals surface area (Å²) in [5, 5.41) is 20.5. The van der Waals surface area contributed by atoms with E-state index in [1.165, 1.54) is 12.4 Å². The van der Waals surface area contributed by atoms with E-state index >= 15 is 0 Å². The van der Waals surface area contributed by atoms with Gasteiger partial charge in [0.15, 0.2) is 0 Å². The Morgan fingerprint density at radius 2 is 1.96 bits per heavy atom. The molecule has 0 bridgehead atoms. The molecule has 3 amide bonds. The van der Waals surface area contributed by atoms with E-state index in [2.05, 4.69) is 17.2 Å². The highest BCUT2D eigenvalue weighted by molar-refractivity contribution is 5.97. The van der Waals surface area contributed by atoms with Crippen molar-refractivity contribution in [1.29, 1.82) is 0 Å². The molecule has 1 aliphatic heterocycles. The number of nitrogens with one attached hydrogen (secondary N) is 2. The van der Waals surface area contributed by atoms with Crippen molar-refractivity contribution in [3.8, 4) is 11.8 Å². The van der Waals surface area contributed by atoms with Gasteiger partial charge < -0.3 is 15.3 Å². The van der Waals surface area contributed by atoms with Crippen molar-refractivity contribution < 1.29 is 24.7 Å². The molecule has 1 aromatic carbocycles. The van der Waals surface area contributed by atoms with Crippen molar-refractivity contribution >= 4 is 18.2 Å². The summed E-state index contributed by atoms with van der Waals surface area (Å²) >= 11 is 0. The minimum atomic E-state index is -1.27. The van der Waals surface area contributed by atoms with Gasteiger partial charge in [0.25, 0.3) is 11.8 Å². The van der Waals surface area contributed by atoms with Gasteiger partial charge in [-0.15, -0.1) is 0 Å². The first-order valence-electron chi connectivity index (χ1n) is 8.35. The lowest BCUT2D eigenvalue weighted by atomic mass is 10.0. The van der Waals surface area contributed by atoms with Crippen LogP contribution < -0.4 is 10.8 Å². The number of aliphatic hydroxyl groups excluding tert-OH is 1. The SMILES string of the molecule is C[C@@H](O)[C@H](NC(=O)c1ccc(C#C/C=C/C2CN(C=O)C2)cc1)C(=O)NO. The fourth-order valence-electron chi connectivity index (χ4n) is 2.47. The third-order valence-electron chi connectivity index (χ3n) is 4.06. The first kappa shape index (κ1) is 20.2. The molecule has 1 fully saturated rings. The Balaban J connectivity index is 1.92. The Hall–Kier alpha value is -3.15. The zero-order valence-corrected chi connectivity index (χ0v) is 14.8. The minimum Gasteiger partial charge on any atom is -0.391 e. The molecule has 4 N–H and O–H groups in total. The van der Waals surface area contributed by atoms with Crippen molar-refractivity contribution in [2.75, 3.05) is 13.1 Å². The van der Waals surface area contributed by atoms with E-state index in [9.17, 15) is 19.5 Å². The first-order valence-corrected chi connectivity index (χ1v) is 8.35. The molecule has 2 atom stereocenters. The summed E-state index contributed by atoms with van der Waals surface area (Å²) in [6, 6.07) is 5.15. The summed E-state index contributed by atoms with van der Waals surface area (Å²) in [5.74, 6) is 4.71. The van der Waals surface area contributed by atoms with Crippen molar-refractivity contribution in [2.24, 2.45) is 5.92 Å². The van der Waals surface area contributed by atoms with Crippen LogP contribution in [0.5, 0.6) is 0 Å². The Labute approximate surface area is 156 Å². The van der Waals surface area contributed by atoms with Crippen LogP contribution in [0.15, 0.2) is 36.4 Å². The second kappa shape index (κ2) is 9.52. The van der Waals surface area contributed by atoms with E-state index in [0.29, 0.717) is 24.6 Å². The first-order chi connectivity index (χ1) is 12.9. The number of hydrogen-bond acceptors (Lipinski definition) is 5. The summed E-state index contributed by atoms with van der Waals surface area (Å²) in [6.45, 7) is 2.76. The van der Waals surface area contributed by atoms with Crippen molar-refractivity contribution in [3.63, 3.8) is 0 Å². The number of allylic oxidation sites excluding steroid dienone is 1. The Bertz CT molecular complexity index is 771. The highest BCUT2D eigenvalue weighted by Crippen LogP contribution is 2.13. The molecule has 2 rings (SSSR count). The molecule has 0 unspecified atom stereocenters. The van der Waals surface area contributed by atoms with E-state index in [-0.39, 0.29) is 5.56 Å². The highest BCUT2D eigenvalue weighted by Gasteiger charge is 2.25. The van der Waals surface area contributed by atoms with Crippen LogP contribution in [0.2, 0.25) is 0 Å². The number of amides is 3. The molecule has 1 heterocycles. The topological polar surface area (TPSA) is 119 Å². The second-order valence-corrected chi connectivity index (χ2v) is 6.19. The number of rotatable bonds is 6. The molecule has 1 aromatic rings. The van der Waals surface area contributed by atoms with Gasteiger partial charge in [-0.05, 0) is 37.3 Å². The molecule has 0 aromatic heterocycles. The number of hydroxylamine groups is 1. The molecule has 0 radical (unpaired) electrons. The Kier molecular flexibility index (Phi) is 7.11. The average Bonchev–Trinajstić information content (AvgIpc) is 2.63. The van der Waals surface area contributed by atoms with Crippen LogP contribution in [0.3, 0.4) is 0 Å². The number of aliphatic hydroxyl groups is 1. The lowest BCUT2D eigenvalue weighted by Crippen LogP contribution is -2.51. The molecular weight excluding hydrogens is 350 g/mol. The lowest BCUT2D eigenvalue weighted by Gasteiger charge is -2.34. The lowest BCUT2D eigenvalue weighted by molar-refractivity contribution is -0.133. The number of carbonyl (C=O) groups excluding carboxylic acids is 3. The van der Waals surface area contributed by atoms with Crippen LogP contribution in [0.1, 0.15) is 22.8 Å². The van der Waals surface area contributed by atoms with E-state index < -0.39 is 24.0 Å². The fraction of sp³-hybridized carbons (Fsp3) is 0.316. The molecule has 0 aliphatic carbocycles. The summed E-state index contributed by atoms with van der Waals surface area (Å²) in [5.41, 5.74) is 2.40. The quantitative estimate of drug-likeness (QED) is 0.236. The van der Waals surface area contributed by atoms with E-state index in [1.807, 2.05) is 6.08 Å². The van der Waals surface area contributed by atoms with Crippen LogP contribution in [0, 0.1) is 17.8 Å². The summed E-state index contributed by atoms with van der Waals surface area (Å²) in [4.78, 5) is 35.8. The van der Waals surface area contributed by atoms with E-state index in [1.54, 1.807) is 35.2 Å². The van der Waals surface area contributed by atoms with Crippen LogP contribution in [0.4, 0.5) is 0 Å². The summed E-state index contributed by atoms with van der Waals surface area (Å²) < 4.78 is 0. The number of likely N-dealkylation sites (tertiary alicyclic amines) is 1. The summed E-state index contributed by atoms with van der Waals surface area (Å²) in [7, 11) is 0. The van der Waals surface area contributed by atoms with Gasteiger partial charge in [0.05, 0.1) is 6.10 Å². The molecule has 27 heavy (non-hydrogen) atoms. The van der Waals surface area contributed by atoms with Gasteiger partial charge >= 0.3 is 0 Å². The van der Waals surface area contributed by atoms with Gasteiger partial charge in [-0.2, -0.15) is 0 Å². The molecule has 0 spiro atoms. The van der Waals surface area contributed by atoms with Gasteiger partial charge in [0, 0.05) is 30.1 Å². The van der Waals surface area contributed by atoms with Crippen LogP contribution in [0.25, 0.3) is 0 Å². The van der Waals surface area contributed by atoms with Crippen molar-refractivity contribution in [3.05, 3.63) is 47.5 Å².